The van der Waals surface area contributed by atoms with Crippen LogP contribution in [0.15, 0.2) is 11.6 Å². The second-order valence-electron chi connectivity index (χ2n) is 4.01. The zero-order chi connectivity index (χ0) is 12.5. The number of thiazole rings is 1. The molecule has 0 atom stereocenters. The van der Waals surface area contributed by atoms with Crippen molar-refractivity contribution >= 4 is 26.1 Å². The summed E-state index contributed by atoms with van der Waals surface area (Å²) in [4.78, 5) is 5.40. The lowest BCUT2D eigenvalue weighted by Crippen LogP contribution is -2.22. The molecule has 7 heteroatoms. The third kappa shape index (κ3) is 3.05. The van der Waals surface area contributed by atoms with E-state index in [4.69, 9.17) is 0 Å². The molecule has 0 fully saturated rings. The molecule has 0 spiro atoms. The van der Waals surface area contributed by atoms with Crippen LogP contribution >= 0.6 is 11.3 Å². The van der Waals surface area contributed by atoms with E-state index in [0.29, 0.717) is 13.1 Å². The number of rotatable bonds is 5. The van der Waals surface area contributed by atoms with Gasteiger partial charge in [0.05, 0.1) is 17.1 Å². The van der Waals surface area contributed by atoms with Gasteiger partial charge in [0.1, 0.15) is 9.84 Å². The summed E-state index contributed by atoms with van der Waals surface area (Å²) in [5.41, 5.74) is 2.08. The fraction of sp³-hybridized carbons (Fsp3) is 0.500. The maximum atomic E-state index is 11.0. The van der Waals surface area contributed by atoms with E-state index in [0.717, 1.165) is 16.3 Å². The van der Waals surface area contributed by atoms with Crippen molar-refractivity contribution in [2.75, 3.05) is 18.6 Å². The van der Waals surface area contributed by atoms with Crippen molar-refractivity contribution in [2.24, 2.45) is 0 Å². The van der Waals surface area contributed by atoms with Crippen LogP contribution in [0.25, 0.3) is 4.96 Å². The maximum Gasteiger partial charge on any atom is 0.194 e. The van der Waals surface area contributed by atoms with E-state index in [2.05, 4.69) is 10.3 Å². The first-order valence-electron chi connectivity index (χ1n) is 5.27. The molecule has 2 aromatic heterocycles. The summed E-state index contributed by atoms with van der Waals surface area (Å²) < 4.78 is 24.0. The molecule has 2 heterocycles. The fourth-order valence-corrected chi connectivity index (χ4v) is 2.91. The van der Waals surface area contributed by atoms with Crippen LogP contribution in [0.3, 0.4) is 0 Å². The Morgan fingerprint density at radius 2 is 2.29 bits per heavy atom. The van der Waals surface area contributed by atoms with Crippen molar-refractivity contribution in [3.8, 4) is 0 Å². The molecular formula is C10H15N3O2S2. The predicted octanol–water partition coefficient (Wildman–Crippen LogP) is 0.838. The van der Waals surface area contributed by atoms with Crippen molar-refractivity contribution in [3.63, 3.8) is 0 Å². The molecule has 0 amide bonds. The minimum absolute atomic E-state index is 0.164. The molecule has 5 nitrogen and oxygen atoms in total. The Hall–Kier alpha value is -0.920. The zero-order valence-corrected chi connectivity index (χ0v) is 11.4. The number of fused-ring (bicyclic) bond motifs is 1. The van der Waals surface area contributed by atoms with Gasteiger partial charge >= 0.3 is 0 Å². The Morgan fingerprint density at radius 3 is 3.00 bits per heavy atom. The molecule has 0 aliphatic rings. The van der Waals surface area contributed by atoms with Gasteiger partial charge in [0.25, 0.3) is 0 Å². The van der Waals surface area contributed by atoms with E-state index >= 15 is 0 Å². The van der Waals surface area contributed by atoms with Gasteiger partial charge in [0.2, 0.25) is 0 Å². The quantitative estimate of drug-likeness (QED) is 0.820. The number of nitrogens with one attached hydrogen (secondary N) is 1. The van der Waals surface area contributed by atoms with Gasteiger partial charge in [0.15, 0.2) is 4.96 Å². The van der Waals surface area contributed by atoms with Crippen LogP contribution in [0.2, 0.25) is 0 Å². The van der Waals surface area contributed by atoms with Crippen molar-refractivity contribution in [3.05, 3.63) is 23.0 Å². The highest BCUT2D eigenvalue weighted by Crippen LogP contribution is 2.16. The van der Waals surface area contributed by atoms with Gasteiger partial charge in [-0.1, -0.05) is 0 Å². The first kappa shape index (κ1) is 12.5. The second kappa shape index (κ2) is 4.75. The maximum absolute atomic E-state index is 11.0. The molecule has 0 aliphatic heterocycles. The lowest BCUT2D eigenvalue weighted by Gasteiger charge is -2.04. The predicted molar refractivity (Wildman–Crippen MR) is 69.2 cm³/mol. The Labute approximate surface area is 104 Å². The van der Waals surface area contributed by atoms with E-state index in [9.17, 15) is 8.42 Å². The molecule has 0 aromatic carbocycles. The minimum atomic E-state index is -2.89. The highest BCUT2D eigenvalue weighted by atomic mass is 32.2. The van der Waals surface area contributed by atoms with E-state index in [1.54, 1.807) is 11.3 Å². The molecule has 0 bridgehead atoms. The summed E-state index contributed by atoms with van der Waals surface area (Å²) in [5.74, 6) is 0.164. The Balaban J connectivity index is 1.99. The number of nitrogens with zero attached hydrogens (tertiary/aromatic N) is 2. The molecule has 1 N–H and O–H groups in total. The number of aryl methyl sites for hydroxylation is 1. The summed E-state index contributed by atoms with van der Waals surface area (Å²) in [6.45, 7) is 3.07. The summed E-state index contributed by atoms with van der Waals surface area (Å²) in [6.07, 6.45) is 3.23. The molecule has 0 unspecified atom stereocenters. The van der Waals surface area contributed by atoms with Crippen LogP contribution in [0.5, 0.6) is 0 Å². The van der Waals surface area contributed by atoms with Gasteiger partial charge in [-0.05, 0) is 6.92 Å². The van der Waals surface area contributed by atoms with Crippen LogP contribution in [-0.4, -0.2) is 36.4 Å². The molecule has 0 radical (unpaired) electrons. The van der Waals surface area contributed by atoms with Crippen LogP contribution < -0.4 is 5.32 Å². The van der Waals surface area contributed by atoms with Crippen LogP contribution in [0.4, 0.5) is 0 Å². The third-order valence-electron chi connectivity index (χ3n) is 2.50. The molecule has 2 rings (SSSR count). The number of hydrogen-bond acceptors (Lipinski definition) is 5. The van der Waals surface area contributed by atoms with Gasteiger partial charge in [0, 0.05) is 30.9 Å². The number of sulfone groups is 1. The molecule has 2 aromatic rings. The van der Waals surface area contributed by atoms with E-state index in [1.807, 2.05) is 22.9 Å². The largest absolute Gasteiger partial charge is 0.310 e. The highest BCUT2D eigenvalue weighted by Gasteiger charge is 2.09. The van der Waals surface area contributed by atoms with E-state index < -0.39 is 9.84 Å². The zero-order valence-electron chi connectivity index (χ0n) is 9.80. The third-order valence-corrected chi connectivity index (χ3v) is 4.21. The summed E-state index contributed by atoms with van der Waals surface area (Å²) in [7, 11) is -2.89. The SMILES string of the molecule is Cc1nc2sccn2c1CNCCS(C)(=O)=O. The normalized spacial score (nSPS) is 12.4. The second-order valence-corrected chi connectivity index (χ2v) is 7.14. The van der Waals surface area contributed by atoms with Crippen molar-refractivity contribution < 1.29 is 8.42 Å². The number of aromatic nitrogens is 2. The average molecular weight is 273 g/mol. The highest BCUT2D eigenvalue weighted by molar-refractivity contribution is 7.90. The lowest BCUT2D eigenvalue weighted by atomic mass is 10.3. The van der Waals surface area contributed by atoms with Gasteiger partial charge in [-0.25, -0.2) is 13.4 Å². The number of hydrogen-bond donors (Lipinski definition) is 1. The summed E-state index contributed by atoms with van der Waals surface area (Å²) in [5, 5.41) is 5.12. The first-order chi connectivity index (χ1) is 7.97. The van der Waals surface area contributed by atoms with Gasteiger partial charge in [-0.3, -0.25) is 4.40 Å². The molecule has 0 saturated heterocycles. The lowest BCUT2D eigenvalue weighted by molar-refractivity contribution is 0.595. The van der Waals surface area contributed by atoms with Crippen LogP contribution in [0.1, 0.15) is 11.4 Å². The van der Waals surface area contributed by atoms with Gasteiger partial charge < -0.3 is 5.32 Å². The van der Waals surface area contributed by atoms with Crippen molar-refractivity contribution in [1.29, 1.82) is 0 Å². The van der Waals surface area contributed by atoms with Crippen molar-refractivity contribution in [2.45, 2.75) is 13.5 Å². The number of imidazole rings is 1. The Kier molecular flexibility index (Phi) is 3.50. The molecule has 0 aliphatic carbocycles. The molecular weight excluding hydrogens is 258 g/mol. The smallest absolute Gasteiger partial charge is 0.194 e. The van der Waals surface area contributed by atoms with Crippen LogP contribution in [0, 0.1) is 6.92 Å². The molecule has 0 saturated carbocycles. The Morgan fingerprint density at radius 1 is 1.53 bits per heavy atom. The van der Waals surface area contributed by atoms with Crippen molar-refractivity contribution in [1.82, 2.24) is 14.7 Å². The van der Waals surface area contributed by atoms with Gasteiger partial charge in [-0.15, -0.1) is 11.3 Å². The monoisotopic (exact) mass is 273 g/mol. The standard InChI is InChI=1S/C10H15N3O2S2/c1-8-9(7-11-3-6-17(2,14)15)13-4-5-16-10(13)12-8/h4-5,11H,3,6-7H2,1-2H3. The topological polar surface area (TPSA) is 63.5 Å². The van der Waals surface area contributed by atoms with E-state index in [-0.39, 0.29) is 5.75 Å². The molecule has 94 valence electrons. The van der Waals surface area contributed by atoms with Gasteiger partial charge in [-0.2, -0.15) is 0 Å². The molecule has 17 heavy (non-hydrogen) atoms. The van der Waals surface area contributed by atoms with Crippen LogP contribution in [-0.2, 0) is 16.4 Å². The van der Waals surface area contributed by atoms with E-state index in [1.165, 1.54) is 6.26 Å². The fourth-order valence-electron chi connectivity index (χ4n) is 1.62. The average Bonchev–Trinajstić information content (AvgIpc) is 2.73. The first-order valence-corrected chi connectivity index (χ1v) is 8.21. The Bertz CT molecular complexity index is 613. The minimum Gasteiger partial charge on any atom is -0.310 e. The summed E-state index contributed by atoms with van der Waals surface area (Å²) >= 11 is 1.59. The summed E-state index contributed by atoms with van der Waals surface area (Å²) in [6, 6.07) is 0.